The third-order valence-corrected chi connectivity index (χ3v) is 5.43. The van der Waals surface area contributed by atoms with Gasteiger partial charge in [-0.2, -0.15) is 18.3 Å². The minimum absolute atomic E-state index is 0.275. The number of aryl methyl sites for hydroxylation is 2. The average molecular weight is 432 g/mol. The van der Waals surface area contributed by atoms with Crippen LogP contribution < -0.4 is 11.1 Å². The van der Waals surface area contributed by atoms with Crippen LogP contribution in [0.1, 0.15) is 50.2 Å². The van der Waals surface area contributed by atoms with Crippen LogP contribution in [0.15, 0.2) is 12.3 Å². The number of hydrogen-bond acceptors (Lipinski definition) is 5. The second kappa shape index (κ2) is 9.07. The molecule has 8 nitrogen and oxygen atoms in total. The Morgan fingerprint density at radius 1 is 1.31 bits per heavy atom. The molecule has 0 fully saturated rings. The Labute approximate surface area is 167 Å². The molecule has 12 heteroatoms. The van der Waals surface area contributed by atoms with Gasteiger partial charge in [0, 0.05) is 17.5 Å². The molecule has 0 radical (unpaired) electrons. The van der Waals surface area contributed by atoms with Gasteiger partial charge in [0.2, 0.25) is 0 Å². The molecule has 0 bridgehead atoms. The lowest BCUT2D eigenvalue weighted by Crippen LogP contribution is -2.21. The van der Waals surface area contributed by atoms with Gasteiger partial charge in [-0.25, -0.2) is 9.48 Å². The molecule has 4 N–H and O–H groups in total. The van der Waals surface area contributed by atoms with Crippen molar-refractivity contribution in [1.29, 1.82) is 0 Å². The van der Waals surface area contributed by atoms with Crippen LogP contribution in [0.4, 0.5) is 19.0 Å². The zero-order valence-electron chi connectivity index (χ0n) is 15.4. The highest BCUT2D eigenvalue weighted by Gasteiger charge is 2.38. The number of carbonyl (C=O) groups excluding carboxylic acids is 2. The first kappa shape index (κ1) is 22.4. The van der Waals surface area contributed by atoms with Crippen molar-refractivity contribution in [2.24, 2.45) is 5.73 Å². The van der Waals surface area contributed by atoms with E-state index in [1.165, 1.54) is 11.3 Å². The minimum atomic E-state index is -5.08. The predicted octanol–water partition coefficient (Wildman–Crippen LogP) is 2.83. The number of alkyl halides is 3. The first-order chi connectivity index (χ1) is 13.6. The maximum atomic E-state index is 12.7. The quantitative estimate of drug-likeness (QED) is 0.685. The van der Waals surface area contributed by atoms with Gasteiger partial charge in [-0.1, -0.05) is 0 Å². The summed E-state index contributed by atoms with van der Waals surface area (Å²) in [5.41, 5.74) is 6.91. The highest BCUT2D eigenvalue weighted by atomic mass is 32.1. The molecule has 2 aromatic rings. The van der Waals surface area contributed by atoms with E-state index in [-0.39, 0.29) is 5.91 Å². The molecule has 2 aromatic heterocycles. The number of thiophene rings is 1. The molecule has 0 saturated heterocycles. The van der Waals surface area contributed by atoms with Crippen molar-refractivity contribution in [3.8, 4) is 0 Å². The minimum Gasteiger partial charge on any atom is -0.475 e. The molecule has 2 heterocycles. The van der Waals surface area contributed by atoms with Crippen molar-refractivity contribution in [1.82, 2.24) is 9.78 Å². The molecule has 2 amide bonds. The van der Waals surface area contributed by atoms with Crippen molar-refractivity contribution in [2.75, 3.05) is 5.32 Å². The predicted molar refractivity (Wildman–Crippen MR) is 99.0 cm³/mol. The summed E-state index contributed by atoms with van der Waals surface area (Å²) in [6.07, 6.45) is 0.428. The first-order valence-corrected chi connectivity index (χ1v) is 9.45. The average Bonchev–Trinajstić information content (AvgIpc) is 3.25. The van der Waals surface area contributed by atoms with E-state index in [9.17, 15) is 22.8 Å². The number of aromatic nitrogens is 2. The maximum Gasteiger partial charge on any atom is 0.490 e. The zero-order valence-corrected chi connectivity index (χ0v) is 16.2. The number of carboxylic acids is 1. The number of amides is 2. The van der Waals surface area contributed by atoms with Crippen LogP contribution in [0.2, 0.25) is 0 Å². The molecule has 0 unspecified atom stereocenters. The number of nitrogens with zero attached hydrogens (tertiary/aromatic N) is 2. The Kier molecular flexibility index (Phi) is 7.01. The van der Waals surface area contributed by atoms with Gasteiger partial charge in [0.05, 0.1) is 11.8 Å². The van der Waals surface area contributed by atoms with Gasteiger partial charge < -0.3 is 16.2 Å². The number of halogens is 3. The van der Waals surface area contributed by atoms with Gasteiger partial charge in [0.15, 0.2) is 0 Å². The summed E-state index contributed by atoms with van der Waals surface area (Å²) in [4.78, 5) is 34.8. The monoisotopic (exact) mass is 432 g/mol. The fourth-order valence-corrected chi connectivity index (χ4v) is 4.09. The molecule has 0 atom stereocenters. The maximum absolute atomic E-state index is 12.7. The number of fused-ring (bicyclic) bond motifs is 1. The van der Waals surface area contributed by atoms with Crippen molar-refractivity contribution < 1.29 is 32.7 Å². The number of carbonyl (C=O) groups is 3. The number of carboxylic acid groups (broad SMARTS) is 1. The molecule has 1 aliphatic rings. The summed E-state index contributed by atoms with van der Waals surface area (Å²) in [7, 11) is 0. The van der Waals surface area contributed by atoms with Gasteiger partial charge in [-0.3, -0.25) is 9.59 Å². The molecule has 158 valence electrons. The van der Waals surface area contributed by atoms with Gasteiger partial charge in [-0.15, -0.1) is 11.3 Å². The largest absolute Gasteiger partial charge is 0.490 e. The summed E-state index contributed by atoms with van der Waals surface area (Å²) in [5.74, 6) is -2.94. The molecule has 3 rings (SSSR count). The summed E-state index contributed by atoms with van der Waals surface area (Å²) in [5, 5.41) is 14.1. The number of rotatable bonds is 4. The van der Waals surface area contributed by atoms with E-state index >= 15 is 0 Å². The lowest BCUT2D eigenvalue weighted by molar-refractivity contribution is -0.192. The normalized spacial score (nSPS) is 13.1. The van der Waals surface area contributed by atoms with Gasteiger partial charge in [0.25, 0.3) is 11.8 Å². The van der Waals surface area contributed by atoms with E-state index in [2.05, 4.69) is 10.4 Å². The Morgan fingerprint density at radius 3 is 2.48 bits per heavy atom. The number of anilines is 1. The molecular weight excluding hydrogens is 413 g/mol. The summed E-state index contributed by atoms with van der Waals surface area (Å²) >= 11 is 1.36. The third-order valence-electron chi connectivity index (χ3n) is 4.12. The smallest absolute Gasteiger partial charge is 0.475 e. The van der Waals surface area contributed by atoms with Gasteiger partial charge in [0.1, 0.15) is 10.7 Å². The fraction of sp³-hybridized carbons (Fsp3) is 0.412. The van der Waals surface area contributed by atoms with Crippen molar-refractivity contribution in [2.45, 2.75) is 45.3 Å². The lowest BCUT2D eigenvalue weighted by atomic mass is 9.94. The SMILES string of the molecule is CCn1nccc1NC(=O)c1c(C(N)=O)sc2c1CCCC2.O=C(O)C(F)(F)F. The molecule has 0 saturated carbocycles. The molecular formula is C17H19F3N4O4S. The molecule has 0 aliphatic heterocycles. The number of hydrogen-bond donors (Lipinski definition) is 3. The zero-order chi connectivity index (χ0) is 21.8. The highest BCUT2D eigenvalue weighted by Crippen LogP contribution is 2.34. The number of aliphatic carboxylic acids is 1. The number of primary amides is 1. The molecule has 1 aliphatic carbocycles. The molecule has 0 spiro atoms. The van der Waals surface area contributed by atoms with E-state index in [0.29, 0.717) is 22.8 Å². The van der Waals surface area contributed by atoms with Gasteiger partial charge >= 0.3 is 12.1 Å². The van der Waals surface area contributed by atoms with Crippen LogP contribution in [-0.2, 0) is 24.2 Å². The molecule has 0 aromatic carbocycles. The van der Waals surface area contributed by atoms with Crippen molar-refractivity contribution in [3.05, 3.63) is 33.1 Å². The van der Waals surface area contributed by atoms with Crippen LogP contribution in [-0.4, -0.2) is 38.8 Å². The summed E-state index contributed by atoms with van der Waals surface area (Å²) in [6.45, 7) is 2.61. The van der Waals surface area contributed by atoms with Crippen LogP contribution in [0.25, 0.3) is 0 Å². The standard InChI is InChI=1S/C15H18N4O2S.C2HF3O2/c1-2-19-11(7-8-17-19)18-15(21)12-9-5-3-4-6-10(9)22-13(12)14(16)20;3-2(4,5)1(6)7/h7-8H,2-6H2,1H3,(H2,16,20)(H,18,21);(H,6,7). The van der Waals surface area contributed by atoms with E-state index in [0.717, 1.165) is 36.1 Å². The Hall–Kier alpha value is -2.89. The Bertz CT molecular complexity index is 920. The van der Waals surface area contributed by atoms with E-state index in [1.54, 1.807) is 16.9 Å². The fourth-order valence-electron chi connectivity index (χ4n) is 2.85. The third kappa shape index (κ3) is 5.34. The van der Waals surface area contributed by atoms with Crippen LogP contribution in [0.5, 0.6) is 0 Å². The highest BCUT2D eigenvalue weighted by molar-refractivity contribution is 7.14. The molecule has 29 heavy (non-hydrogen) atoms. The topological polar surface area (TPSA) is 127 Å². The van der Waals surface area contributed by atoms with Crippen LogP contribution in [0, 0.1) is 0 Å². The van der Waals surface area contributed by atoms with Crippen molar-refractivity contribution in [3.63, 3.8) is 0 Å². The Morgan fingerprint density at radius 2 is 1.93 bits per heavy atom. The van der Waals surface area contributed by atoms with Gasteiger partial charge in [-0.05, 0) is 38.2 Å². The van der Waals surface area contributed by atoms with E-state index in [1.807, 2.05) is 6.92 Å². The van der Waals surface area contributed by atoms with Crippen LogP contribution >= 0.6 is 11.3 Å². The Balaban J connectivity index is 0.000000370. The van der Waals surface area contributed by atoms with E-state index < -0.39 is 18.1 Å². The van der Waals surface area contributed by atoms with Crippen molar-refractivity contribution >= 4 is 34.9 Å². The summed E-state index contributed by atoms with van der Waals surface area (Å²) in [6, 6.07) is 1.74. The second-order valence-electron chi connectivity index (χ2n) is 6.07. The number of nitrogens with one attached hydrogen (secondary N) is 1. The van der Waals surface area contributed by atoms with Crippen LogP contribution in [0.3, 0.4) is 0 Å². The lowest BCUT2D eigenvalue weighted by Gasteiger charge is -2.13. The van der Waals surface area contributed by atoms with E-state index in [4.69, 9.17) is 15.6 Å². The number of nitrogens with two attached hydrogens (primary N) is 1. The first-order valence-electron chi connectivity index (χ1n) is 8.63. The summed E-state index contributed by atoms with van der Waals surface area (Å²) < 4.78 is 33.4. The second-order valence-corrected chi connectivity index (χ2v) is 7.17.